The van der Waals surface area contributed by atoms with Crippen LogP contribution in [0.5, 0.6) is 5.75 Å². The molecular formula is C12H16Cl5O11P. The molecule has 1 aliphatic carbocycles. The van der Waals surface area contributed by atoms with Gasteiger partial charge in [0.05, 0.1) is 15.1 Å². The van der Waals surface area contributed by atoms with Gasteiger partial charge in [-0.2, -0.15) is 0 Å². The average molecular weight is 544 g/mol. The van der Waals surface area contributed by atoms with Crippen molar-refractivity contribution in [2.24, 2.45) is 0 Å². The number of hydrogen-bond donors (Lipinski definition) is 10. The number of phosphoric acid groups is 1. The lowest BCUT2D eigenvalue weighted by Gasteiger charge is -2.39. The molecule has 0 heterocycles. The second kappa shape index (κ2) is 11.8. The highest BCUT2D eigenvalue weighted by molar-refractivity contribution is 7.45. The van der Waals surface area contributed by atoms with Crippen LogP contribution in [0.4, 0.5) is 0 Å². The van der Waals surface area contributed by atoms with Crippen molar-refractivity contribution in [3.63, 3.8) is 0 Å². The standard InChI is InChI=1S/C6HCl5O.C6H12O6.H3O4P/c2*7-1-2(8)4(10)6(12)5(11)3(1)9;1-5(2,3)4/h12H;1-12H;(H3,1,2,3,4). The average Bonchev–Trinajstić information content (AvgIpc) is 2.64. The highest BCUT2D eigenvalue weighted by Crippen LogP contribution is 2.47. The van der Waals surface area contributed by atoms with Crippen molar-refractivity contribution in [1.29, 1.82) is 0 Å². The quantitative estimate of drug-likeness (QED) is 0.118. The molecule has 0 unspecified atom stereocenters. The molecule has 0 bridgehead atoms. The Morgan fingerprint density at radius 1 is 0.517 bits per heavy atom. The van der Waals surface area contributed by atoms with Gasteiger partial charge in [0.25, 0.3) is 0 Å². The van der Waals surface area contributed by atoms with Gasteiger partial charge in [0.15, 0.2) is 5.75 Å². The van der Waals surface area contributed by atoms with Gasteiger partial charge in [-0.05, 0) is 0 Å². The van der Waals surface area contributed by atoms with Gasteiger partial charge in [0.2, 0.25) is 0 Å². The van der Waals surface area contributed by atoms with Crippen molar-refractivity contribution in [1.82, 2.24) is 0 Å². The summed E-state index contributed by atoms with van der Waals surface area (Å²) in [5, 5.41) is 62.9. The Bertz CT molecular complexity index is 576. The first-order valence-corrected chi connectivity index (χ1v) is 10.5. The molecule has 0 aliphatic heterocycles. The van der Waals surface area contributed by atoms with Crippen LogP contribution in [-0.4, -0.2) is 87.0 Å². The topological polar surface area (TPSA) is 219 Å². The second-order valence-electron chi connectivity index (χ2n) is 5.38. The zero-order chi connectivity index (χ0) is 23.4. The van der Waals surface area contributed by atoms with Gasteiger partial charge < -0.3 is 50.4 Å². The fraction of sp³-hybridized carbons (Fsp3) is 0.500. The third-order valence-corrected chi connectivity index (χ3v) is 5.54. The largest absolute Gasteiger partial charge is 0.505 e. The van der Waals surface area contributed by atoms with Crippen LogP contribution < -0.4 is 0 Å². The zero-order valence-electron chi connectivity index (χ0n) is 13.7. The maximum absolute atomic E-state index is 9.20. The fourth-order valence-electron chi connectivity index (χ4n) is 1.81. The summed E-state index contributed by atoms with van der Waals surface area (Å²) in [6.07, 6.45) is -9.84. The summed E-state index contributed by atoms with van der Waals surface area (Å²) in [5.74, 6) is -0.363. The minimum atomic E-state index is -4.64. The van der Waals surface area contributed by atoms with Crippen molar-refractivity contribution >= 4 is 65.8 Å². The van der Waals surface area contributed by atoms with E-state index in [9.17, 15) is 5.11 Å². The zero-order valence-corrected chi connectivity index (χ0v) is 18.4. The van der Waals surface area contributed by atoms with Crippen LogP contribution in [-0.2, 0) is 4.57 Å². The molecule has 0 radical (unpaired) electrons. The van der Waals surface area contributed by atoms with E-state index in [1.54, 1.807) is 0 Å². The van der Waals surface area contributed by atoms with Gasteiger partial charge in [0.1, 0.15) is 46.7 Å². The summed E-state index contributed by atoms with van der Waals surface area (Å²) in [5.41, 5.74) is 0. The number of hydrogen-bond acceptors (Lipinski definition) is 8. The Labute approximate surface area is 188 Å². The Kier molecular flexibility index (Phi) is 12.0. The van der Waals surface area contributed by atoms with Gasteiger partial charge in [-0.1, -0.05) is 58.0 Å². The molecule has 1 aliphatic rings. The van der Waals surface area contributed by atoms with E-state index >= 15 is 0 Å². The van der Waals surface area contributed by atoms with Crippen molar-refractivity contribution < 1.29 is 55.0 Å². The van der Waals surface area contributed by atoms with Crippen molar-refractivity contribution in [3.8, 4) is 5.75 Å². The number of halogens is 5. The molecule has 10 N–H and O–H groups in total. The van der Waals surface area contributed by atoms with Crippen molar-refractivity contribution in [2.75, 3.05) is 0 Å². The summed E-state index contributed by atoms with van der Waals surface area (Å²) in [7, 11) is -4.64. The first kappa shape index (κ1) is 29.3. The number of aliphatic hydroxyl groups excluding tert-OH is 6. The van der Waals surface area contributed by atoms with E-state index in [-0.39, 0.29) is 30.9 Å². The van der Waals surface area contributed by atoms with Gasteiger partial charge in [-0.15, -0.1) is 0 Å². The Morgan fingerprint density at radius 3 is 0.828 bits per heavy atom. The summed E-state index contributed by atoms with van der Waals surface area (Å²) in [6.45, 7) is 0. The number of phenolic OH excluding ortho intramolecular Hbond substituents is 1. The maximum Gasteiger partial charge on any atom is 0.466 e. The first-order chi connectivity index (χ1) is 12.9. The molecule has 11 nitrogen and oxygen atoms in total. The lowest BCUT2D eigenvalue weighted by Crippen LogP contribution is -2.63. The molecule has 0 aromatic heterocycles. The van der Waals surface area contributed by atoms with Crippen LogP contribution in [0.1, 0.15) is 0 Å². The molecule has 29 heavy (non-hydrogen) atoms. The molecule has 17 heteroatoms. The monoisotopic (exact) mass is 542 g/mol. The lowest BCUT2D eigenvalue weighted by molar-refractivity contribution is -0.223. The highest BCUT2D eigenvalue weighted by Gasteiger charge is 2.47. The predicted octanol–water partition coefficient (Wildman–Crippen LogP) is -0.104. The molecule has 1 fully saturated rings. The molecular weight excluding hydrogens is 528 g/mol. The van der Waals surface area contributed by atoms with E-state index in [4.69, 9.17) is 108 Å². The predicted molar refractivity (Wildman–Crippen MR) is 103 cm³/mol. The maximum atomic E-state index is 9.20. The summed E-state index contributed by atoms with van der Waals surface area (Å²) >= 11 is 27.9. The molecule has 1 aromatic rings. The molecule has 170 valence electrons. The summed E-state index contributed by atoms with van der Waals surface area (Å²) in [6, 6.07) is 0. The normalized spacial score (nSPS) is 29.3. The third-order valence-electron chi connectivity index (χ3n) is 3.29. The SMILES string of the molecule is O=P(O)(O)O.OC1C(O)C(O)C(O)C(O)C1O.Oc1c(Cl)c(Cl)c(Cl)c(Cl)c1Cl. The van der Waals surface area contributed by atoms with E-state index in [0.717, 1.165) is 0 Å². The summed E-state index contributed by atoms with van der Waals surface area (Å²) in [4.78, 5) is 21.6. The van der Waals surface area contributed by atoms with E-state index < -0.39 is 44.4 Å². The summed E-state index contributed by atoms with van der Waals surface area (Å²) < 4.78 is 8.88. The second-order valence-corrected chi connectivity index (χ2v) is 8.29. The van der Waals surface area contributed by atoms with Crippen LogP contribution in [0.25, 0.3) is 0 Å². The van der Waals surface area contributed by atoms with Gasteiger partial charge in [0, 0.05) is 0 Å². The minimum Gasteiger partial charge on any atom is -0.505 e. The van der Waals surface area contributed by atoms with Crippen molar-refractivity contribution in [2.45, 2.75) is 36.6 Å². The van der Waals surface area contributed by atoms with Gasteiger partial charge in [-0.3, -0.25) is 0 Å². The van der Waals surface area contributed by atoms with Gasteiger partial charge >= 0.3 is 7.82 Å². The van der Waals surface area contributed by atoms with Crippen LogP contribution >= 0.6 is 65.8 Å². The number of aliphatic hydroxyl groups is 6. The minimum absolute atomic E-state index is 0.00904. The number of benzene rings is 1. The number of phenols is 1. The Morgan fingerprint density at radius 2 is 0.655 bits per heavy atom. The van der Waals surface area contributed by atoms with Gasteiger partial charge in [-0.25, -0.2) is 4.57 Å². The number of aromatic hydroxyl groups is 1. The third kappa shape index (κ3) is 8.41. The molecule has 2 rings (SSSR count). The van der Waals surface area contributed by atoms with Crippen LogP contribution in [0.3, 0.4) is 0 Å². The smallest absolute Gasteiger partial charge is 0.466 e. The van der Waals surface area contributed by atoms with E-state index in [0.29, 0.717) is 0 Å². The van der Waals surface area contributed by atoms with Crippen LogP contribution in [0, 0.1) is 0 Å². The molecule has 0 atom stereocenters. The Balaban J connectivity index is 0.000000442. The number of rotatable bonds is 0. The lowest BCUT2D eigenvalue weighted by atomic mass is 9.85. The van der Waals surface area contributed by atoms with E-state index in [1.807, 2.05) is 0 Å². The molecule has 0 amide bonds. The molecule has 0 spiro atoms. The van der Waals surface area contributed by atoms with E-state index in [1.165, 1.54) is 0 Å². The fourth-order valence-corrected chi connectivity index (χ4v) is 2.93. The Hall–Kier alpha value is 0.340. The van der Waals surface area contributed by atoms with Crippen LogP contribution in [0.2, 0.25) is 25.1 Å². The van der Waals surface area contributed by atoms with Crippen molar-refractivity contribution in [3.05, 3.63) is 25.1 Å². The highest BCUT2D eigenvalue weighted by atomic mass is 35.5. The van der Waals surface area contributed by atoms with E-state index in [2.05, 4.69) is 0 Å². The van der Waals surface area contributed by atoms with Crippen LogP contribution in [0.15, 0.2) is 0 Å². The molecule has 1 saturated carbocycles. The first-order valence-electron chi connectivity index (χ1n) is 7.00. The molecule has 0 saturated heterocycles. The molecule has 1 aromatic carbocycles.